The molecular weight excluding hydrogens is 755 g/mol. The van der Waals surface area contributed by atoms with Gasteiger partial charge in [0.1, 0.15) is 11.2 Å². The Labute approximate surface area is 358 Å². The molecule has 4 heteroatoms. The van der Waals surface area contributed by atoms with Crippen LogP contribution >= 0.6 is 0 Å². The van der Waals surface area contributed by atoms with Crippen LogP contribution in [0, 0.1) is 0 Å². The van der Waals surface area contributed by atoms with Gasteiger partial charge in [-0.2, -0.15) is 0 Å². The van der Waals surface area contributed by atoms with E-state index in [1.165, 1.54) is 50.1 Å². The van der Waals surface area contributed by atoms with Crippen LogP contribution in [0.2, 0.25) is 0 Å². The van der Waals surface area contributed by atoms with Crippen molar-refractivity contribution in [2.75, 3.05) is 0 Å². The van der Waals surface area contributed by atoms with E-state index in [2.05, 4.69) is 170 Å². The van der Waals surface area contributed by atoms with Crippen molar-refractivity contribution in [3.63, 3.8) is 0 Å². The van der Waals surface area contributed by atoms with Crippen LogP contribution in [-0.4, -0.2) is 15.0 Å². The first-order chi connectivity index (χ1) is 30.7. The lowest BCUT2D eigenvalue weighted by Crippen LogP contribution is -2.25. The van der Waals surface area contributed by atoms with E-state index in [1.807, 2.05) is 42.5 Å². The summed E-state index contributed by atoms with van der Waals surface area (Å²) in [5.41, 5.74) is 18.8. The number of benzene rings is 9. The molecular formula is C58H35N3O. The van der Waals surface area contributed by atoms with E-state index in [0.717, 1.165) is 55.3 Å². The summed E-state index contributed by atoms with van der Waals surface area (Å²) in [6.45, 7) is 0. The maximum Gasteiger partial charge on any atom is 0.164 e. The molecule has 2 aliphatic rings. The lowest BCUT2D eigenvalue weighted by molar-refractivity contribution is 0.669. The third-order valence-corrected chi connectivity index (χ3v) is 13.0. The number of furan rings is 1. The number of hydrogen-bond donors (Lipinski definition) is 0. The molecule has 1 spiro atoms. The molecule has 0 fully saturated rings. The van der Waals surface area contributed by atoms with Crippen LogP contribution < -0.4 is 0 Å². The lowest BCUT2D eigenvalue weighted by Gasteiger charge is -2.30. The highest BCUT2D eigenvalue weighted by Crippen LogP contribution is 2.64. The van der Waals surface area contributed by atoms with Gasteiger partial charge in [-0.25, -0.2) is 15.0 Å². The fourth-order valence-electron chi connectivity index (χ4n) is 10.4. The first-order valence-electron chi connectivity index (χ1n) is 21.1. The van der Waals surface area contributed by atoms with Gasteiger partial charge in [0.2, 0.25) is 0 Å². The molecule has 9 aromatic carbocycles. The molecule has 0 bridgehead atoms. The highest BCUT2D eigenvalue weighted by atomic mass is 16.3. The normalized spacial score (nSPS) is 13.0. The molecule has 0 saturated carbocycles. The van der Waals surface area contributed by atoms with E-state index in [1.54, 1.807) is 0 Å². The van der Waals surface area contributed by atoms with Crippen molar-refractivity contribution < 1.29 is 4.42 Å². The summed E-state index contributed by atoms with van der Waals surface area (Å²) in [5, 5.41) is 2.20. The SMILES string of the molecule is c1ccc(-c2nc(-c3cccc(-c4cccc5c4-c4ccccc4C54c5ccccc5-c5ccccc54)c3)nc(-c3ccccc3-c3ccc4c(c3)oc3ccccc34)n2)cc1. The molecule has 13 rings (SSSR count). The van der Waals surface area contributed by atoms with E-state index in [-0.39, 0.29) is 0 Å². The Morgan fingerprint density at radius 1 is 0.290 bits per heavy atom. The van der Waals surface area contributed by atoms with Crippen LogP contribution in [0.1, 0.15) is 22.3 Å². The standard InChI is InChI=1S/C58H35N3O/c1-2-16-36(17-3-1)55-59-56(61-57(60-55)46-24-5-4-20-40(46)38-32-33-45-44-23-9-13-31-52(44)62-53(45)35-38)39-19-14-18-37(34-39)41-26-15-30-51-54(41)47-25-8-12-29-50(47)58(51)48-27-10-6-21-42(48)43-22-7-11-28-49(43)58/h1-35H. The second-order valence-corrected chi connectivity index (χ2v) is 16.2. The predicted octanol–water partition coefficient (Wildman–Crippen LogP) is 14.4. The number of nitrogens with zero attached hydrogens (tertiary/aromatic N) is 3. The van der Waals surface area contributed by atoms with Crippen molar-refractivity contribution in [2.24, 2.45) is 0 Å². The Balaban J connectivity index is 0.981. The minimum absolute atomic E-state index is 0.414. The molecule has 0 unspecified atom stereocenters. The van der Waals surface area contributed by atoms with Crippen molar-refractivity contribution in [2.45, 2.75) is 5.41 Å². The first kappa shape index (κ1) is 34.6. The van der Waals surface area contributed by atoms with Gasteiger partial charge in [-0.1, -0.05) is 188 Å². The largest absolute Gasteiger partial charge is 0.456 e. The Hall–Kier alpha value is -8.21. The fourth-order valence-corrected chi connectivity index (χ4v) is 10.4. The van der Waals surface area contributed by atoms with Crippen molar-refractivity contribution in [3.05, 3.63) is 235 Å². The van der Waals surface area contributed by atoms with Crippen molar-refractivity contribution in [3.8, 4) is 78.7 Å². The van der Waals surface area contributed by atoms with Crippen LogP contribution in [0.4, 0.5) is 0 Å². The summed E-state index contributed by atoms with van der Waals surface area (Å²) in [6, 6.07) is 75.6. The maximum absolute atomic E-state index is 6.33. The number of rotatable bonds is 5. The molecule has 0 aliphatic heterocycles. The van der Waals surface area contributed by atoms with Gasteiger partial charge in [0.25, 0.3) is 0 Å². The highest BCUT2D eigenvalue weighted by molar-refractivity contribution is 6.06. The number of fused-ring (bicyclic) bond motifs is 13. The zero-order chi connectivity index (χ0) is 40.8. The topological polar surface area (TPSA) is 51.8 Å². The monoisotopic (exact) mass is 789 g/mol. The van der Waals surface area contributed by atoms with Gasteiger partial charge in [0.15, 0.2) is 17.5 Å². The molecule has 11 aromatic rings. The molecule has 0 amide bonds. The molecule has 2 aromatic heterocycles. The highest BCUT2D eigenvalue weighted by Gasteiger charge is 2.51. The fraction of sp³-hybridized carbons (Fsp3) is 0.0172. The van der Waals surface area contributed by atoms with Crippen molar-refractivity contribution in [1.29, 1.82) is 0 Å². The Kier molecular flexibility index (Phi) is 7.49. The molecule has 288 valence electrons. The zero-order valence-electron chi connectivity index (χ0n) is 33.5. The molecule has 62 heavy (non-hydrogen) atoms. The Bertz CT molecular complexity index is 3560. The first-order valence-corrected chi connectivity index (χ1v) is 21.1. The molecule has 4 nitrogen and oxygen atoms in total. The lowest BCUT2D eigenvalue weighted by atomic mass is 9.70. The summed E-state index contributed by atoms with van der Waals surface area (Å²) < 4.78 is 6.33. The summed E-state index contributed by atoms with van der Waals surface area (Å²) >= 11 is 0. The quantitative estimate of drug-likeness (QED) is 0.174. The summed E-state index contributed by atoms with van der Waals surface area (Å²) in [5.74, 6) is 1.84. The van der Waals surface area contributed by atoms with Gasteiger partial charge in [0.05, 0.1) is 5.41 Å². The minimum Gasteiger partial charge on any atom is -0.456 e. The second-order valence-electron chi connectivity index (χ2n) is 16.2. The van der Waals surface area contributed by atoms with E-state index in [9.17, 15) is 0 Å². The van der Waals surface area contributed by atoms with Gasteiger partial charge in [-0.05, 0) is 91.0 Å². The molecule has 0 N–H and O–H groups in total. The summed E-state index contributed by atoms with van der Waals surface area (Å²) in [6.07, 6.45) is 0. The average Bonchev–Trinajstić information content (AvgIpc) is 3.98. The second kappa shape index (κ2) is 13.4. The Morgan fingerprint density at radius 3 is 1.56 bits per heavy atom. The number of hydrogen-bond acceptors (Lipinski definition) is 4. The molecule has 0 atom stereocenters. The van der Waals surface area contributed by atoms with Gasteiger partial charge >= 0.3 is 0 Å². The van der Waals surface area contributed by atoms with Gasteiger partial charge in [-0.3, -0.25) is 0 Å². The molecule has 2 aliphatic carbocycles. The maximum atomic E-state index is 6.33. The van der Waals surface area contributed by atoms with Gasteiger partial charge in [-0.15, -0.1) is 0 Å². The van der Waals surface area contributed by atoms with Crippen LogP contribution in [0.15, 0.2) is 217 Å². The minimum atomic E-state index is -0.414. The van der Waals surface area contributed by atoms with E-state index in [0.29, 0.717) is 17.5 Å². The van der Waals surface area contributed by atoms with Gasteiger partial charge < -0.3 is 4.42 Å². The number of aromatic nitrogens is 3. The van der Waals surface area contributed by atoms with Crippen molar-refractivity contribution >= 4 is 21.9 Å². The van der Waals surface area contributed by atoms with Crippen LogP contribution in [0.5, 0.6) is 0 Å². The molecule has 2 heterocycles. The molecule has 0 saturated heterocycles. The van der Waals surface area contributed by atoms with Crippen LogP contribution in [-0.2, 0) is 5.41 Å². The smallest absolute Gasteiger partial charge is 0.164 e. The molecule has 0 radical (unpaired) electrons. The van der Waals surface area contributed by atoms with Crippen LogP contribution in [0.25, 0.3) is 101 Å². The predicted molar refractivity (Wildman–Crippen MR) is 251 cm³/mol. The van der Waals surface area contributed by atoms with Crippen LogP contribution in [0.3, 0.4) is 0 Å². The summed E-state index contributed by atoms with van der Waals surface area (Å²) in [7, 11) is 0. The van der Waals surface area contributed by atoms with Gasteiger partial charge in [0, 0.05) is 27.5 Å². The van der Waals surface area contributed by atoms with E-state index in [4.69, 9.17) is 19.4 Å². The number of para-hydroxylation sites is 1. The Morgan fingerprint density at radius 2 is 0.790 bits per heavy atom. The van der Waals surface area contributed by atoms with E-state index >= 15 is 0 Å². The zero-order valence-corrected chi connectivity index (χ0v) is 33.5. The van der Waals surface area contributed by atoms with Crippen molar-refractivity contribution in [1.82, 2.24) is 15.0 Å². The third kappa shape index (κ3) is 4.98. The van der Waals surface area contributed by atoms with E-state index < -0.39 is 5.41 Å². The average molecular weight is 790 g/mol. The third-order valence-electron chi connectivity index (χ3n) is 13.0. The summed E-state index contributed by atoms with van der Waals surface area (Å²) in [4.78, 5) is 15.6.